The molecule has 3 rings (SSSR count). The number of rotatable bonds is 6. The fourth-order valence-electron chi connectivity index (χ4n) is 2.90. The zero-order chi connectivity index (χ0) is 19.9. The zero-order valence-corrected chi connectivity index (χ0v) is 16.2. The van der Waals surface area contributed by atoms with Crippen LogP contribution < -0.4 is 5.32 Å². The molecular weight excluding hydrogens is 348 g/mol. The highest BCUT2D eigenvalue weighted by atomic mass is 16.2. The number of likely N-dealkylation sites (N-methyl/N-ethyl adjacent to an activating group) is 1. The fourth-order valence-corrected chi connectivity index (χ4v) is 2.90. The molecule has 0 unspecified atom stereocenters. The van der Waals surface area contributed by atoms with Crippen molar-refractivity contribution in [3.63, 3.8) is 0 Å². The van der Waals surface area contributed by atoms with Gasteiger partial charge in [-0.3, -0.25) is 9.59 Å². The Morgan fingerprint density at radius 2 is 1.43 bits per heavy atom. The topological polar surface area (TPSA) is 49.4 Å². The predicted molar refractivity (Wildman–Crippen MR) is 113 cm³/mol. The lowest BCUT2D eigenvalue weighted by atomic mass is 10.0. The molecular formula is C24H24N2O2. The third kappa shape index (κ3) is 5.30. The maximum Gasteiger partial charge on any atom is 0.243 e. The van der Waals surface area contributed by atoms with Crippen molar-refractivity contribution in [1.82, 2.24) is 4.90 Å². The standard InChI is InChI=1S/C24H24N2O2/c1-18-8-14-22(15-9-18)25-23(27)17-26(2)24(28)16-19-10-12-21(13-11-19)20-6-4-3-5-7-20/h3-15H,16-17H2,1-2H3,(H,25,27). The fraction of sp³-hybridized carbons (Fsp3) is 0.167. The van der Waals surface area contributed by atoms with Gasteiger partial charge in [-0.15, -0.1) is 0 Å². The summed E-state index contributed by atoms with van der Waals surface area (Å²) in [7, 11) is 1.65. The summed E-state index contributed by atoms with van der Waals surface area (Å²) in [6.45, 7) is 2.01. The van der Waals surface area contributed by atoms with Crippen LogP contribution in [0.15, 0.2) is 78.9 Å². The van der Waals surface area contributed by atoms with Gasteiger partial charge in [0, 0.05) is 12.7 Å². The van der Waals surface area contributed by atoms with Gasteiger partial charge in [0.15, 0.2) is 0 Å². The van der Waals surface area contributed by atoms with Gasteiger partial charge < -0.3 is 10.2 Å². The van der Waals surface area contributed by atoms with Crippen molar-refractivity contribution in [2.24, 2.45) is 0 Å². The van der Waals surface area contributed by atoms with Crippen molar-refractivity contribution >= 4 is 17.5 Å². The van der Waals surface area contributed by atoms with Gasteiger partial charge in [-0.25, -0.2) is 0 Å². The highest BCUT2D eigenvalue weighted by molar-refractivity contribution is 5.94. The minimum absolute atomic E-state index is 0.0226. The molecule has 0 saturated carbocycles. The Bertz CT molecular complexity index is 933. The number of amides is 2. The average molecular weight is 372 g/mol. The Balaban J connectivity index is 1.53. The minimum Gasteiger partial charge on any atom is -0.336 e. The lowest BCUT2D eigenvalue weighted by molar-refractivity contribution is -0.132. The van der Waals surface area contributed by atoms with Crippen LogP contribution in [0.1, 0.15) is 11.1 Å². The molecule has 0 radical (unpaired) electrons. The summed E-state index contributed by atoms with van der Waals surface area (Å²) in [5, 5.41) is 2.81. The third-order valence-corrected chi connectivity index (χ3v) is 4.56. The SMILES string of the molecule is Cc1ccc(NC(=O)CN(C)C(=O)Cc2ccc(-c3ccccc3)cc2)cc1. The quantitative estimate of drug-likeness (QED) is 0.701. The molecule has 0 fully saturated rings. The van der Waals surface area contributed by atoms with Crippen molar-refractivity contribution in [2.75, 3.05) is 18.9 Å². The van der Waals surface area contributed by atoms with E-state index < -0.39 is 0 Å². The first-order valence-electron chi connectivity index (χ1n) is 9.26. The van der Waals surface area contributed by atoms with Crippen LogP contribution in [0.2, 0.25) is 0 Å². The molecule has 0 saturated heterocycles. The number of hydrogen-bond acceptors (Lipinski definition) is 2. The maximum absolute atomic E-state index is 12.4. The molecule has 28 heavy (non-hydrogen) atoms. The number of benzene rings is 3. The number of carbonyl (C=O) groups is 2. The van der Waals surface area contributed by atoms with E-state index in [2.05, 4.69) is 17.4 Å². The van der Waals surface area contributed by atoms with Gasteiger partial charge in [-0.1, -0.05) is 72.3 Å². The van der Waals surface area contributed by atoms with Crippen LogP contribution in [0.3, 0.4) is 0 Å². The summed E-state index contributed by atoms with van der Waals surface area (Å²) in [4.78, 5) is 26.1. The molecule has 0 aliphatic carbocycles. The molecule has 0 aromatic heterocycles. The Morgan fingerprint density at radius 1 is 0.821 bits per heavy atom. The van der Waals surface area contributed by atoms with E-state index in [9.17, 15) is 9.59 Å². The van der Waals surface area contributed by atoms with E-state index in [-0.39, 0.29) is 24.8 Å². The van der Waals surface area contributed by atoms with Gasteiger partial charge in [0.2, 0.25) is 11.8 Å². The second-order valence-corrected chi connectivity index (χ2v) is 6.90. The van der Waals surface area contributed by atoms with Gasteiger partial charge in [0.05, 0.1) is 13.0 Å². The number of anilines is 1. The lowest BCUT2D eigenvalue weighted by Gasteiger charge is -2.17. The van der Waals surface area contributed by atoms with Crippen LogP contribution in [0.25, 0.3) is 11.1 Å². The van der Waals surface area contributed by atoms with Crippen LogP contribution in [0.4, 0.5) is 5.69 Å². The van der Waals surface area contributed by atoms with Crippen LogP contribution in [-0.2, 0) is 16.0 Å². The Kier molecular flexibility index (Phi) is 6.22. The summed E-state index contributed by atoms with van der Waals surface area (Å²) in [6, 6.07) is 25.6. The Morgan fingerprint density at radius 3 is 2.07 bits per heavy atom. The van der Waals surface area contributed by atoms with E-state index in [1.165, 1.54) is 4.90 Å². The molecule has 0 aliphatic heterocycles. The Hall–Kier alpha value is -3.40. The molecule has 1 N–H and O–H groups in total. The van der Waals surface area contributed by atoms with Crippen LogP contribution in [0, 0.1) is 6.92 Å². The number of nitrogens with zero attached hydrogens (tertiary/aromatic N) is 1. The average Bonchev–Trinajstić information content (AvgIpc) is 2.71. The monoisotopic (exact) mass is 372 g/mol. The predicted octanol–water partition coefficient (Wildman–Crippen LogP) is 4.30. The van der Waals surface area contributed by atoms with Crippen molar-refractivity contribution < 1.29 is 9.59 Å². The summed E-state index contributed by atoms with van der Waals surface area (Å²) in [5.41, 5.74) is 5.04. The molecule has 4 nitrogen and oxygen atoms in total. The molecule has 0 heterocycles. The second-order valence-electron chi connectivity index (χ2n) is 6.90. The number of carbonyl (C=O) groups excluding carboxylic acids is 2. The minimum atomic E-state index is -0.209. The van der Waals surface area contributed by atoms with Crippen molar-refractivity contribution in [3.05, 3.63) is 90.0 Å². The molecule has 0 aliphatic rings. The van der Waals surface area contributed by atoms with Gasteiger partial charge in [0.1, 0.15) is 0 Å². The van der Waals surface area contributed by atoms with Gasteiger partial charge in [-0.05, 0) is 35.7 Å². The molecule has 0 spiro atoms. The first-order valence-corrected chi connectivity index (χ1v) is 9.26. The third-order valence-electron chi connectivity index (χ3n) is 4.56. The molecule has 3 aromatic carbocycles. The van der Waals surface area contributed by atoms with Gasteiger partial charge >= 0.3 is 0 Å². The summed E-state index contributed by atoms with van der Waals surface area (Å²) < 4.78 is 0. The number of nitrogens with one attached hydrogen (secondary N) is 1. The number of hydrogen-bond donors (Lipinski definition) is 1. The second kappa shape index (κ2) is 9.00. The van der Waals surface area contributed by atoms with Crippen molar-refractivity contribution in [2.45, 2.75) is 13.3 Å². The van der Waals surface area contributed by atoms with E-state index in [1.807, 2.05) is 73.7 Å². The van der Waals surface area contributed by atoms with Crippen molar-refractivity contribution in [3.8, 4) is 11.1 Å². The maximum atomic E-state index is 12.4. The molecule has 0 atom stereocenters. The van der Waals surface area contributed by atoms with Crippen LogP contribution in [-0.4, -0.2) is 30.3 Å². The largest absolute Gasteiger partial charge is 0.336 e. The van der Waals surface area contributed by atoms with Crippen molar-refractivity contribution in [1.29, 1.82) is 0 Å². The smallest absolute Gasteiger partial charge is 0.243 e. The van der Waals surface area contributed by atoms with Gasteiger partial charge in [-0.2, -0.15) is 0 Å². The zero-order valence-electron chi connectivity index (χ0n) is 16.2. The lowest BCUT2D eigenvalue weighted by Crippen LogP contribution is -2.35. The van der Waals surface area contributed by atoms with E-state index in [1.54, 1.807) is 7.05 Å². The van der Waals surface area contributed by atoms with E-state index in [4.69, 9.17) is 0 Å². The normalized spacial score (nSPS) is 10.4. The van der Waals surface area contributed by atoms with E-state index >= 15 is 0 Å². The first-order chi connectivity index (χ1) is 13.5. The highest BCUT2D eigenvalue weighted by Crippen LogP contribution is 2.19. The first kappa shape index (κ1) is 19.4. The summed E-state index contributed by atoms with van der Waals surface area (Å²) in [6.07, 6.45) is 0.267. The molecule has 3 aromatic rings. The molecule has 4 heteroatoms. The summed E-state index contributed by atoms with van der Waals surface area (Å²) in [5.74, 6) is -0.300. The number of aryl methyl sites for hydroxylation is 1. The highest BCUT2D eigenvalue weighted by Gasteiger charge is 2.14. The molecule has 142 valence electrons. The summed E-state index contributed by atoms with van der Waals surface area (Å²) >= 11 is 0. The molecule has 0 bridgehead atoms. The Labute approximate surface area is 165 Å². The molecule has 2 amide bonds. The van der Waals surface area contributed by atoms with Gasteiger partial charge in [0.25, 0.3) is 0 Å². The van der Waals surface area contributed by atoms with Crippen LogP contribution >= 0.6 is 0 Å². The van der Waals surface area contributed by atoms with Crippen LogP contribution in [0.5, 0.6) is 0 Å². The van der Waals surface area contributed by atoms with E-state index in [0.29, 0.717) is 0 Å². The van der Waals surface area contributed by atoms with E-state index in [0.717, 1.165) is 27.9 Å².